The van der Waals surface area contributed by atoms with Crippen molar-refractivity contribution in [3.8, 4) is 0 Å². The Morgan fingerprint density at radius 3 is 2.16 bits per heavy atom. The number of benzene rings is 1. The molecule has 1 amide bonds. The molecule has 1 aromatic carbocycles. The van der Waals surface area contributed by atoms with Gasteiger partial charge < -0.3 is 23.5 Å². The van der Waals surface area contributed by atoms with Crippen LogP contribution in [0, 0.1) is 5.92 Å². The highest BCUT2D eigenvalue weighted by molar-refractivity contribution is 5.90. The van der Waals surface area contributed by atoms with Gasteiger partial charge in [-0.15, -0.1) is 0 Å². The highest BCUT2D eigenvalue weighted by Crippen LogP contribution is 2.18. The molecule has 4 nitrogen and oxygen atoms in total. The quantitative estimate of drug-likeness (QED) is 0.545. The summed E-state index contributed by atoms with van der Waals surface area (Å²) in [6.45, 7) is 8.68. The largest absolute Gasteiger partial charge is 1.00 e. The van der Waals surface area contributed by atoms with E-state index in [2.05, 4.69) is 37.0 Å². The van der Waals surface area contributed by atoms with Crippen molar-refractivity contribution >= 4 is 11.7 Å². The van der Waals surface area contributed by atoms with Crippen LogP contribution in [0.3, 0.4) is 0 Å². The average molecular weight is 369 g/mol. The van der Waals surface area contributed by atoms with E-state index in [0.29, 0.717) is 12.3 Å². The van der Waals surface area contributed by atoms with Crippen LogP contribution < -0.4 is 23.5 Å². The molecule has 0 aromatic heterocycles. The predicted molar refractivity (Wildman–Crippen MR) is 97.6 cm³/mol. The second kappa shape index (κ2) is 12.0. The van der Waals surface area contributed by atoms with Crippen molar-refractivity contribution in [2.75, 3.05) is 6.54 Å². The van der Waals surface area contributed by atoms with E-state index in [-0.39, 0.29) is 36.1 Å². The molecule has 5 heteroatoms. The Labute approximate surface area is 158 Å². The molecule has 2 unspecified atom stereocenters. The number of quaternary nitrogens is 1. The second-order valence-corrected chi connectivity index (χ2v) is 7.08. The average Bonchev–Trinajstić information content (AvgIpc) is 2.53. The fourth-order valence-corrected chi connectivity index (χ4v) is 2.76. The maximum Gasteiger partial charge on any atom is 0.227 e. The van der Waals surface area contributed by atoms with Crippen LogP contribution in [0.25, 0.3) is 0 Å². The third-order valence-corrected chi connectivity index (χ3v) is 4.32. The fraction of sp³-hybridized carbons (Fsp3) is 0.600. The van der Waals surface area contributed by atoms with Crippen LogP contribution in [0.5, 0.6) is 0 Å². The molecule has 1 aromatic rings. The monoisotopic (exact) mass is 368 g/mol. The molecule has 0 aliphatic rings. The molecular weight excluding hydrogens is 336 g/mol. The summed E-state index contributed by atoms with van der Waals surface area (Å²) in [4.78, 5) is 24.2. The van der Waals surface area contributed by atoms with Crippen LogP contribution in [0.2, 0.25) is 0 Å². The number of carbonyl (C=O) groups is 2. The Kier molecular flexibility index (Phi) is 11.4. The molecule has 0 bridgehead atoms. The summed E-state index contributed by atoms with van der Waals surface area (Å²) >= 11 is 0. The van der Waals surface area contributed by atoms with Gasteiger partial charge in [0, 0.05) is 0 Å². The number of rotatable bonds is 10. The van der Waals surface area contributed by atoms with Gasteiger partial charge in [-0.1, -0.05) is 38.1 Å². The summed E-state index contributed by atoms with van der Waals surface area (Å²) in [6, 6.07) is 7.85. The van der Waals surface area contributed by atoms with E-state index >= 15 is 0 Å². The lowest BCUT2D eigenvalue weighted by atomic mass is 9.95. The topological polar surface area (TPSA) is 73.8 Å². The number of amides is 1. The van der Waals surface area contributed by atoms with Crippen LogP contribution in [0.4, 0.5) is 0 Å². The maximum absolute atomic E-state index is 12.5. The van der Waals surface area contributed by atoms with Gasteiger partial charge >= 0.3 is 0 Å². The summed E-state index contributed by atoms with van der Waals surface area (Å²) in [7, 11) is 0. The van der Waals surface area contributed by atoms with Crippen molar-refractivity contribution in [2.45, 2.75) is 65.3 Å². The zero-order chi connectivity index (χ0) is 18.1. The van der Waals surface area contributed by atoms with Crippen LogP contribution in [-0.2, 0) is 16.0 Å². The van der Waals surface area contributed by atoms with Crippen LogP contribution >= 0.6 is 0 Å². The van der Waals surface area contributed by atoms with Gasteiger partial charge in [0.2, 0.25) is 5.91 Å². The summed E-state index contributed by atoms with van der Waals surface area (Å²) in [6.07, 6.45) is 3.62. The Balaban J connectivity index is 0.00000576. The van der Waals surface area contributed by atoms with Crippen molar-refractivity contribution < 1.29 is 27.7 Å². The van der Waals surface area contributed by atoms with Crippen molar-refractivity contribution in [2.24, 2.45) is 5.92 Å². The SMILES string of the molecule is CC(=O)C(CCCC[NH3+])NC(=O)C(C)c1ccc(CC(C)C)cc1.[Cl-]. The van der Waals surface area contributed by atoms with Crippen LogP contribution in [0.1, 0.15) is 64.0 Å². The minimum atomic E-state index is -0.383. The van der Waals surface area contributed by atoms with Gasteiger partial charge in [0.05, 0.1) is 18.5 Å². The Bertz CT molecular complexity index is 529. The van der Waals surface area contributed by atoms with Gasteiger partial charge in [0.25, 0.3) is 0 Å². The zero-order valence-corrected chi connectivity index (χ0v) is 16.7. The first kappa shape index (κ1) is 23.6. The molecule has 25 heavy (non-hydrogen) atoms. The number of hydrogen-bond acceptors (Lipinski definition) is 2. The minimum absolute atomic E-state index is 0. The molecule has 0 radical (unpaired) electrons. The molecule has 0 saturated carbocycles. The van der Waals surface area contributed by atoms with E-state index in [1.54, 1.807) is 6.92 Å². The smallest absolute Gasteiger partial charge is 0.227 e. The van der Waals surface area contributed by atoms with Crippen molar-refractivity contribution in [1.82, 2.24) is 5.32 Å². The highest BCUT2D eigenvalue weighted by atomic mass is 35.5. The first-order valence-electron chi connectivity index (χ1n) is 9.04. The van der Waals surface area contributed by atoms with E-state index in [9.17, 15) is 9.59 Å². The lowest BCUT2D eigenvalue weighted by molar-refractivity contribution is -0.368. The van der Waals surface area contributed by atoms with Gasteiger partial charge in [-0.25, -0.2) is 0 Å². The number of Topliss-reactive ketones (excluding diaryl/α,β-unsaturated/α-hetero) is 1. The van der Waals surface area contributed by atoms with Crippen molar-refractivity contribution in [3.05, 3.63) is 35.4 Å². The highest BCUT2D eigenvalue weighted by Gasteiger charge is 2.21. The minimum Gasteiger partial charge on any atom is -1.00 e. The Morgan fingerprint density at radius 2 is 1.68 bits per heavy atom. The first-order chi connectivity index (χ1) is 11.3. The van der Waals surface area contributed by atoms with Gasteiger partial charge in [-0.05, 0) is 56.6 Å². The van der Waals surface area contributed by atoms with Gasteiger partial charge in [-0.3, -0.25) is 9.59 Å². The Hall–Kier alpha value is -1.39. The number of hydrogen-bond donors (Lipinski definition) is 2. The molecule has 0 aliphatic carbocycles. The first-order valence-corrected chi connectivity index (χ1v) is 9.04. The predicted octanol–water partition coefficient (Wildman–Crippen LogP) is -0.521. The number of halogens is 1. The van der Waals surface area contributed by atoms with Gasteiger partial charge in [-0.2, -0.15) is 0 Å². The van der Waals surface area contributed by atoms with E-state index < -0.39 is 0 Å². The van der Waals surface area contributed by atoms with Crippen LogP contribution in [0.15, 0.2) is 24.3 Å². The molecule has 0 fully saturated rings. The molecule has 0 aliphatic heterocycles. The fourth-order valence-electron chi connectivity index (χ4n) is 2.76. The molecule has 1 rings (SSSR count). The third-order valence-electron chi connectivity index (χ3n) is 4.32. The molecular formula is C20H33ClN2O2. The lowest BCUT2D eigenvalue weighted by Crippen LogP contribution is -3.00. The van der Waals surface area contributed by atoms with E-state index in [0.717, 1.165) is 31.4 Å². The number of ketones is 1. The van der Waals surface area contributed by atoms with E-state index in [1.165, 1.54) is 5.56 Å². The molecule has 0 saturated heterocycles. The zero-order valence-electron chi connectivity index (χ0n) is 16.0. The Morgan fingerprint density at radius 1 is 1.08 bits per heavy atom. The number of nitrogens with one attached hydrogen (secondary N) is 1. The standard InChI is InChI=1S/C20H32N2O2.ClH/c1-14(2)13-17-8-10-18(11-9-17)15(3)20(24)22-19(16(4)23)7-5-6-12-21;/h8-11,14-15,19H,5-7,12-13,21H2,1-4H3,(H,22,24);1H. The summed E-state index contributed by atoms with van der Waals surface area (Å²) in [5.41, 5.74) is 6.08. The second-order valence-electron chi connectivity index (χ2n) is 7.08. The van der Waals surface area contributed by atoms with Gasteiger partial charge in [0.15, 0.2) is 5.78 Å². The summed E-state index contributed by atoms with van der Waals surface area (Å²) < 4.78 is 0. The van der Waals surface area contributed by atoms with Crippen molar-refractivity contribution in [3.63, 3.8) is 0 Å². The van der Waals surface area contributed by atoms with E-state index in [1.807, 2.05) is 19.1 Å². The summed E-state index contributed by atoms with van der Waals surface area (Å²) in [5, 5.41) is 2.91. The van der Waals surface area contributed by atoms with Gasteiger partial charge in [0.1, 0.15) is 0 Å². The van der Waals surface area contributed by atoms with Crippen LogP contribution in [-0.4, -0.2) is 24.3 Å². The lowest BCUT2D eigenvalue weighted by Gasteiger charge is -2.19. The third kappa shape index (κ3) is 8.50. The molecule has 0 heterocycles. The molecule has 142 valence electrons. The van der Waals surface area contributed by atoms with E-state index in [4.69, 9.17) is 0 Å². The number of carbonyl (C=O) groups excluding carboxylic acids is 2. The molecule has 0 spiro atoms. The summed E-state index contributed by atoms with van der Waals surface area (Å²) in [5.74, 6) is 0.298. The molecule has 2 atom stereocenters. The molecule has 4 N–H and O–H groups in total. The van der Waals surface area contributed by atoms with Crippen molar-refractivity contribution in [1.29, 1.82) is 0 Å². The normalized spacial score (nSPS) is 13.0. The number of unbranched alkanes of at least 4 members (excludes halogenated alkanes) is 1. The maximum atomic E-state index is 12.5.